The summed E-state index contributed by atoms with van der Waals surface area (Å²) >= 11 is 0. The fraction of sp³-hybridized carbons (Fsp3) is 0.571. The number of nitrogens with one attached hydrogen (secondary N) is 1. The molecule has 0 radical (unpaired) electrons. The van der Waals surface area contributed by atoms with Gasteiger partial charge in [0.1, 0.15) is 5.41 Å². The number of hydrogen-bond acceptors (Lipinski definition) is 5. The van der Waals surface area contributed by atoms with Crippen molar-refractivity contribution < 1.29 is 14.6 Å². The predicted octanol–water partition coefficient (Wildman–Crippen LogP) is 1.68. The molecular weight excluding hydrogens is 328 g/mol. The van der Waals surface area contributed by atoms with Crippen molar-refractivity contribution in [2.75, 3.05) is 19.0 Å². The Morgan fingerprint density at radius 3 is 3.00 bits per heavy atom. The molecule has 1 aromatic carbocycles. The summed E-state index contributed by atoms with van der Waals surface area (Å²) < 4.78 is 5.34. The van der Waals surface area contributed by atoms with Crippen molar-refractivity contribution in [2.45, 2.75) is 49.4 Å². The highest BCUT2D eigenvalue weighted by Crippen LogP contribution is 2.71. The van der Waals surface area contributed by atoms with Crippen molar-refractivity contribution in [3.63, 3.8) is 0 Å². The van der Waals surface area contributed by atoms with Crippen LogP contribution in [0.2, 0.25) is 0 Å². The van der Waals surface area contributed by atoms with Crippen LogP contribution in [0, 0.1) is 11.3 Å². The lowest BCUT2D eigenvalue weighted by Gasteiger charge is -2.60. The van der Waals surface area contributed by atoms with Crippen molar-refractivity contribution in [1.29, 1.82) is 0 Å². The summed E-state index contributed by atoms with van der Waals surface area (Å²) in [5, 5.41) is 15.6. The van der Waals surface area contributed by atoms with Gasteiger partial charge in [0.25, 0.3) is 0 Å². The zero-order valence-corrected chi connectivity index (χ0v) is 15.1. The van der Waals surface area contributed by atoms with E-state index in [2.05, 4.69) is 35.3 Å². The molecule has 136 valence electrons. The van der Waals surface area contributed by atoms with Gasteiger partial charge in [-0.3, -0.25) is 9.69 Å². The summed E-state index contributed by atoms with van der Waals surface area (Å²) in [6.45, 7) is 2.96. The van der Waals surface area contributed by atoms with Crippen molar-refractivity contribution in [3.8, 4) is 0 Å². The number of hydrogen-bond donors (Lipinski definition) is 2. The number of anilines is 1. The SMILES string of the molecule is C/C=C1\CN2[C@H]3C[C@@]45c6ccccc6N[C@@H]4[C@@H]2C[C@@H]1[C@@]3(C(=O)OC)[C@H]5O. The number of fused-ring (bicyclic) bond motifs is 2. The maximum absolute atomic E-state index is 13.2. The molecule has 0 amide bonds. The zero-order valence-electron chi connectivity index (χ0n) is 15.1. The fourth-order valence-electron chi connectivity index (χ4n) is 7.49. The average Bonchev–Trinajstić information content (AvgIpc) is 3.13. The molecule has 1 aliphatic carbocycles. The largest absolute Gasteiger partial charge is 0.468 e. The summed E-state index contributed by atoms with van der Waals surface area (Å²) in [5.74, 6) is -0.154. The number of methoxy groups -OCH3 is 1. The van der Waals surface area contributed by atoms with Gasteiger partial charge in [-0.2, -0.15) is 0 Å². The lowest BCUT2D eigenvalue weighted by Crippen LogP contribution is -2.71. The smallest absolute Gasteiger partial charge is 0.316 e. The van der Waals surface area contributed by atoms with Gasteiger partial charge in [0.15, 0.2) is 0 Å². The second kappa shape index (κ2) is 4.52. The molecule has 5 aliphatic heterocycles. The molecule has 1 unspecified atom stereocenters. The molecule has 1 saturated carbocycles. The summed E-state index contributed by atoms with van der Waals surface area (Å²) in [5.41, 5.74) is 2.34. The number of aliphatic hydroxyl groups is 1. The van der Waals surface area contributed by atoms with E-state index in [1.54, 1.807) is 0 Å². The quantitative estimate of drug-likeness (QED) is 0.595. The van der Waals surface area contributed by atoms with Crippen LogP contribution in [0.3, 0.4) is 0 Å². The summed E-state index contributed by atoms with van der Waals surface area (Å²) in [4.78, 5) is 15.7. The lowest BCUT2D eigenvalue weighted by atomic mass is 9.58. The van der Waals surface area contributed by atoms with E-state index in [0.29, 0.717) is 6.04 Å². The van der Waals surface area contributed by atoms with E-state index in [1.165, 1.54) is 18.2 Å². The number of carbonyl (C=O) groups is 1. The van der Waals surface area contributed by atoms with Crippen molar-refractivity contribution >= 4 is 11.7 Å². The molecule has 5 heterocycles. The van der Waals surface area contributed by atoms with Gasteiger partial charge in [0, 0.05) is 35.6 Å². The molecule has 8 atom stereocenters. The molecule has 26 heavy (non-hydrogen) atoms. The van der Waals surface area contributed by atoms with Crippen LogP contribution in [-0.2, 0) is 14.9 Å². The molecule has 7 rings (SSSR count). The number of allylic oxidation sites excluding steroid dienone is 1. The molecule has 5 bridgehead atoms. The van der Waals surface area contributed by atoms with Gasteiger partial charge in [-0.25, -0.2) is 0 Å². The van der Waals surface area contributed by atoms with E-state index in [1.807, 2.05) is 12.1 Å². The average molecular weight is 352 g/mol. The van der Waals surface area contributed by atoms with E-state index >= 15 is 0 Å². The minimum absolute atomic E-state index is 0.0570. The molecule has 4 saturated heterocycles. The molecule has 1 spiro atoms. The number of ether oxygens (including phenoxy) is 1. The Bertz CT molecular complexity index is 867. The fourth-order valence-corrected chi connectivity index (χ4v) is 7.49. The van der Waals surface area contributed by atoms with Crippen LogP contribution in [0.4, 0.5) is 5.69 Å². The highest BCUT2D eigenvalue weighted by Gasteiger charge is 2.82. The zero-order chi connectivity index (χ0) is 17.8. The summed E-state index contributed by atoms with van der Waals surface area (Å²) in [7, 11) is 1.46. The Balaban J connectivity index is 1.65. The molecule has 1 aromatic rings. The summed E-state index contributed by atoms with van der Waals surface area (Å²) in [6, 6.07) is 8.89. The monoisotopic (exact) mass is 352 g/mol. The van der Waals surface area contributed by atoms with Gasteiger partial charge in [0.2, 0.25) is 0 Å². The topological polar surface area (TPSA) is 61.8 Å². The molecule has 6 aliphatic rings. The van der Waals surface area contributed by atoms with Crippen LogP contribution < -0.4 is 5.32 Å². The first-order chi connectivity index (χ1) is 12.6. The number of carbonyl (C=O) groups excluding carboxylic acids is 1. The van der Waals surface area contributed by atoms with Crippen LogP contribution >= 0.6 is 0 Å². The standard InChI is InChI=1S/C21H24N2O3/c1-3-11-10-23-15-8-13(11)21(19(25)26-2)16(23)9-20(18(21)24)12-6-4-5-7-14(12)22-17(15)20/h3-7,13,15-18,22,24H,8-10H2,1-2H3/b11-3+/t13-,15-,16-,17+,18-,20+,21-/m0/s1. The third-order valence-electron chi connectivity index (χ3n) is 8.30. The molecular formula is C21H24N2O3. The number of piperidine rings is 4. The van der Waals surface area contributed by atoms with E-state index in [0.717, 1.165) is 25.1 Å². The molecule has 2 N–H and O–H groups in total. The van der Waals surface area contributed by atoms with Crippen molar-refractivity contribution in [2.24, 2.45) is 11.3 Å². The molecule has 5 heteroatoms. The minimum Gasteiger partial charge on any atom is -0.468 e. The number of rotatable bonds is 1. The van der Waals surface area contributed by atoms with E-state index in [9.17, 15) is 9.90 Å². The molecule has 5 fully saturated rings. The predicted molar refractivity (Wildman–Crippen MR) is 96.7 cm³/mol. The normalized spacial score (nSPS) is 50.5. The Morgan fingerprint density at radius 1 is 1.42 bits per heavy atom. The van der Waals surface area contributed by atoms with Crippen LogP contribution in [0.1, 0.15) is 25.3 Å². The van der Waals surface area contributed by atoms with E-state index in [-0.39, 0.29) is 24.0 Å². The van der Waals surface area contributed by atoms with Crippen molar-refractivity contribution in [3.05, 3.63) is 41.5 Å². The molecule has 0 aromatic heterocycles. The number of benzene rings is 1. The maximum atomic E-state index is 13.2. The first-order valence-electron chi connectivity index (χ1n) is 9.64. The van der Waals surface area contributed by atoms with E-state index in [4.69, 9.17) is 4.74 Å². The van der Waals surface area contributed by atoms with Crippen molar-refractivity contribution in [1.82, 2.24) is 4.90 Å². The van der Waals surface area contributed by atoms with Gasteiger partial charge in [-0.05, 0) is 31.4 Å². The minimum atomic E-state index is -0.848. The van der Waals surface area contributed by atoms with Crippen LogP contribution in [0.15, 0.2) is 35.9 Å². The third kappa shape index (κ3) is 1.28. The highest BCUT2D eigenvalue weighted by atomic mass is 16.5. The number of nitrogens with zero attached hydrogens (tertiary/aromatic N) is 1. The second-order valence-electron chi connectivity index (χ2n) is 8.65. The van der Waals surface area contributed by atoms with Gasteiger partial charge < -0.3 is 15.2 Å². The Hall–Kier alpha value is -1.85. The highest BCUT2D eigenvalue weighted by molar-refractivity contribution is 5.84. The summed E-state index contributed by atoms with van der Waals surface area (Å²) in [6.07, 6.45) is 3.15. The first-order valence-corrected chi connectivity index (χ1v) is 9.64. The van der Waals surface area contributed by atoms with Gasteiger partial charge in [-0.15, -0.1) is 0 Å². The van der Waals surface area contributed by atoms with Gasteiger partial charge in [0.05, 0.1) is 19.3 Å². The number of para-hydroxylation sites is 1. The Kier molecular flexibility index (Phi) is 2.65. The Labute approximate surface area is 153 Å². The van der Waals surface area contributed by atoms with Crippen LogP contribution in [-0.4, -0.2) is 53.9 Å². The van der Waals surface area contributed by atoms with Crippen LogP contribution in [0.25, 0.3) is 0 Å². The number of aliphatic hydroxyl groups excluding tert-OH is 1. The molecule has 5 nitrogen and oxygen atoms in total. The Morgan fingerprint density at radius 2 is 2.23 bits per heavy atom. The van der Waals surface area contributed by atoms with Gasteiger partial charge in [-0.1, -0.05) is 29.8 Å². The second-order valence-corrected chi connectivity index (χ2v) is 8.65. The van der Waals surface area contributed by atoms with E-state index < -0.39 is 16.9 Å². The van der Waals surface area contributed by atoms with Gasteiger partial charge >= 0.3 is 5.97 Å². The number of esters is 1. The lowest BCUT2D eigenvalue weighted by molar-refractivity contribution is -0.179. The van der Waals surface area contributed by atoms with Crippen LogP contribution in [0.5, 0.6) is 0 Å². The first kappa shape index (κ1) is 15.2. The maximum Gasteiger partial charge on any atom is 0.316 e. The third-order valence-corrected chi connectivity index (χ3v) is 8.30.